The number of hydrogen-bond donors (Lipinski definition) is 1. The highest BCUT2D eigenvalue weighted by Gasteiger charge is 2.07. The Hall–Kier alpha value is 0.140. The Morgan fingerprint density at radius 2 is 2.00 bits per heavy atom. The molecule has 0 spiro atoms. The third-order valence-electron chi connectivity index (χ3n) is 0.543. The fraction of sp³-hybridized carbons (Fsp3) is 0.333. The summed E-state index contributed by atoms with van der Waals surface area (Å²) in [4.78, 5) is 0. The Bertz CT molecular complexity index is 110. The van der Waals surface area contributed by atoms with Gasteiger partial charge in [0.2, 0.25) is 10.2 Å². The molecule has 0 saturated heterocycles. The van der Waals surface area contributed by atoms with Crippen molar-refractivity contribution in [3.63, 3.8) is 0 Å². The number of hydrogen-bond acceptors (Lipinski definition) is 2. The molecule has 0 amide bonds. The van der Waals surface area contributed by atoms with Gasteiger partial charge in [-0.1, -0.05) is 6.08 Å². The topological polar surface area (TPSA) is 20.2 Å². The van der Waals surface area contributed by atoms with Gasteiger partial charge < -0.3 is 0 Å². The first kappa shape index (κ1) is 9.14. The molecule has 1 atom stereocenters. The molecular weight excluding hydrogens is 152 g/mol. The molecule has 0 aliphatic heterocycles. The van der Waals surface area contributed by atoms with E-state index in [0.717, 1.165) is 0 Å². The molecule has 1 unspecified atom stereocenters. The van der Waals surface area contributed by atoms with Crippen molar-refractivity contribution < 1.29 is 4.55 Å². The summed E-state index contributed by atoms with van der Waals surface area (Å²) >= 11 is 0. The summed E-state index contributed by atoms with van der Waals surface area (Å²) in [5.74, 6) is 0. The van der Waals surface area contributed by atoms with Crippen LogP contribution in [-0.4, -0.2) is 4.55 Å². The van der Waals surface area contributed by atoms with Crippen LogP contribution in [0.1, 0.15) is 13.8 Å². The fourth-order valence-corrected chi connectivity index (χ4v) is 1.98. The summed E-state index contributed by atoms with van der Waals surface area (Å²) in [5.41, 5.74) is 0. The van der Waals surface area contributed by atoms with Gasteiger partial charge in [0.1, 0.15) is 0 Å². The van der Waals surface area contributed by atoms with Crippen molar-refractivity contribution in [2.24, 2.45) is 0 Å². The van der Waals surface area contributed by atoms with Gasteiger partial charge in [0.15, 0.2) is 16.2 Å². The van der Waals surface area contributed by atoms with Crippen molar-refractivity contribution in [3.05, 3.63) is 23.0 Å². The van der Waals surface area contributed by atoms with Crippen LogP contribution in [-0.2, 0) is 10.2 Å². The van der Waals surface area contributed by atoms with Crippen LogP contribution in [0, 0.1) is 0 Å². The van der Waals surface area contributed by atoms with Gasteiger partial charge in [0.25, 0.3) is 0 Å². The molecule has 0 bridgehead atoms. The molecule has 0 aromatic heterocycles. The lowest BCUT2D eigenvalue weighted by Gasteiger charge is -1.80. The van der Waals surface area contributed by atoms with E-state index in [4.69, 9.17) is 4.55 Å². The minimum Gasteiger partial charge on any atom is -0.169 e. The zero-order chi connectivity index (χ0) is 7.11. The lowest BCUT2D eigenvalue weighted by atomic mass is 10.8. The van der Waals surface area contributed by atoms with Crippen molar-refractivity contribution in [2.45, 2.75) is 13.8 Å². The van der Waals surface area contributed by atoms with Crippen molar-refractivity contribution >= 4 is 21.0 Å². The number of rotatable bonds is 3. The lowest BCUT2D eigenvalue weighted by molar-refractivity contribution is 0.662. The van der Waals surface area contributed by atoms with Crippen molar-refractivity contribution in [2.75, 3.05) is 0 Å². The van der Waals surface area contributed by atoms with Crippen molar-refractivity contribution in [1.82, 2.24) is 0 Å². The minimum atomic E-state index is -0.621. The van der Waals surface area contributed by atoms with Gasteiger partial charge in [0, 0.05) is 5.41 Å². The first-order valence-corrected chi connectivity index (χ1v) is 5.28. The maximum atomic E-state index is 9.03. The highest BCUT2D eigenvalue weighted by Crippen LogP contribution is 2.15. The molecule has 0 aromatic rings. The average molecular weight is 163 g/mol. The van der Waals surface area contributed by atoms with Crippen LogP contribution in [0.2, 0.25) is 0 Å². The Labute approximate surface area is 62.8 Å². The average Bonchev–Trinajstić information content (AvgIpc) is 1.85. The van der Waals surface area contributed by atoms with Crippen LogP contribution in [0.15, 0.2) is 23.0 Å². The monoisotopic (exact) mass is 163 g/mol. The molecule has 3 heteroatoms. The van der Waals surface area contributed by atoms with Gasteiger partial charge >= 0.3 is 0 Å². The second kappa shape index (κ2) is 6.26. The zero-order valence-corrected chi connectivity index (χ0v) is 7.21. The first-order valence-electron chi connectivity index (χ1n) is 2.64. The predicted octanol–water partition coefficient (Wildman–Crippen LogP) is 2.79. The second-order valence-electron chi connectivity index (χ2n) is 1.31. The lowest BCUT2D eigenvalue weighted by Crippen LogP contribution is -1.81. The van der Waals surface area contributed by atoms with E-state index >= 15 is 0 Å². The molecule has 0 aliphatic carbocycles. The normalized spacial score (nSPS) is 15.4. The van der Waals surface area contributed by atoms with Crippen LogP contribution in [0.4, 0.5) is 0 Å². The summed E-state index contributed by atoms with van der Waals surface area (Å²) < 4.78 is 9.03. The standard InChI is InChI=1S/C6H11OS2/c1-3-5-8-9(7)6-4-2/h3-7H,1-2H3/q+1. The Balaban J connectivity index is 3.37. The van der Waals surface area contributed by atoms with Gasteiger partial charge in [-0.05, 0) is 19.9 Å². The van der Waals surface area contributed by atoms with Crippen LogP contribution < -0.4 is 0 Å². The largest absolute Gasteiger partial charge is 0.249 e. The maximum Gasteiger partial charge on any atom is 0.249 e. The summed E-state index contributed by atoms with van der Waals surface area (Å²) in [6.45, 7) is 3.83. The fourth-order valence-electron chi connectivity index (χ4n) is 0.261. The maximum absolute atomic E-state index is 9.03. The van der Waals surface area contributed by atoms with E-state index in [1.54, 1.807) is 5.41 Å². The van der Waals surface area contributed by atoms with Crippen LogP contribution in [0.5, 0.6) is 0 Å². The second-order valence-corrected chi connectivity index (χ2v) is 4.20. The van der Waals surface area contributed by atoms with E-state index in [1.807, 2.05) is 31.4 Å². The van der Waals surface area contributed by atoms with Gasteiger partial charge in [-0.2, -0.15) is 4.55 Å². The summed E-state index contributed by atoms with van der Waals surface area (Å²) in [5, 5.41) is 3.65. The van der Waals surface area contributed by atoms with E-state index < -0.39 is 10.2 Å². The van der Waals surface area contributed by atoms with Crippen molar-refractivity contribution in [3.8, 4) is 0 Å². The Morgan fingerprint density at radius 3 is 2.44 bits per heavy atom. The van der Waals surface area contributed by atoms with Gasteiger partial charge in [-0.3, -0.25) is 0 Å². The molecule has 1 N–H and O–H groups in total. The van der Waals surface area contributed by atoms with E-state index in [9.17, 15) is 0 Å². The highest BCUT2D eigenvalue weighted by atomic mass is 33.1. The van der Waals surface area contributed by atoms with Crippen LogP contribution in [0.25, 0.3) is 0 Å². The van der Waals surface area contributed by atoms with Crippen molar-refractivity contribution in [1.29, 1.82) is 0 Å². The quantitative estimate of drug-likeness (QED) is 0.510. The molecule has 0 aliphatic rings. The highest BCUT2D eigenvalue weighted by molar-refractivity contribution is 8.74. The Morgan fingerprint density at radius 1 is 1.33 bits per heavy atom. The van der Waals surface area contributed by atoms with Gasteiger partial charge in [0.05, 0.1) is 0 Å². The Kier molecular flexibility index (Phi) is 6.36. The third-order valence-corrected chi connectivity index (χ3v) is 2.89. The van der Waals surface area contributed by atoms with Gasteiger partial charge in [-0.25, -0.2) is 0 Å². The number of allylic oxidation sites excluding steroid dienone is 2. The van der Waals surface area contributed by atoms with E-state index in [0.29, 0.717) is 0 Å². The molecule has 52 valence electrons. The molecule has 0 heterocycles. The molecule has 9 heavy (non-hydrogen) atoms. The van der Waals surface area contributed by atoms with E-state index in [1.165, 1.54) is 10.8 Å². The first-order chi connectivity index (χ1) is 4.31. The van der Waals surface area contributed by atoms with Crippen LogP contribution >= 0.6 is 10.8 Å². The molecule has 0 rings (SSSR count). The molecule has 0 aromatic carbocycles. The summed E-state index contributed by atoms with van der Waals surface area (Å²) in [7, 11) is 0.796. The summed E-state index contributed by atoms with van der Waals surface area (Å²) in [6.07, 6.45) is 3.75. The zero-order valence-electron chi connectivity index (χ0n) is 5.57. The molecule has 1 nitrogen and oxygen atoms in total. The molecular formula is C6H11OS2+. The van der Waals surface area contributed by atoms with Crippen LogP contribution in [0.3, 0.4) is 0 Å². The van der Waals surface area contributed by atoms with Gasteiger partial charge in [-0.15, -0.1) is 0 Å². The molecule has 0 saturated carbocycles. The smallest absolute Gasteiger partial charge is 0.169 e. The minimum absolute atomic E-state index is 0.621. The summed E-state index contributed by atoms with van der Waals surface area (Å²) in [6, 6.07) is 0. The molecule has 0 fully saturated rings. The third kappa shape index (κ3) is 6.02. The molecule has 0 radical (unpaired) electrons. The predicted molar refractivity (Wildman–Crippen MR) is 47.2 cm³/mol. The van der Waals surface area contributed by atoms with E-state index in [2.05, 4.69) is 0 Å². The van der Waals surface area contributed by atoms with E-state index in [-0.39, 0.29) is 0 Å². The SMILES string of the molecule is CC=CS[S+](O)C=CC.